The minimum atomic E-state index is -0.219. The van der Waals surface area contributed by atoms with Gasteiger partial charge in [0.05, 0.1) is 28.9 Å². The highest BCUT2D eigenvalue weighted by Gasteiger charge is 2.15. The number of H-pyrrole nitrogens is 1. The van der Waals surface area contributed by atoms with Crippen LogP contribution in [0.3, 0.4) is 0 Å². The maximum atomic E-state index is 12.1. The van der Waals surface area contributed by atoms with Crippen LogP contribution in [0.5, 0.6) is 0 Å². The summed E-state index contributed by atoms with van der Waals surface area (Å²) >= 11 is 4.08. The zero-order valence-corrected chi connectivity index (χ0v) is 18.6. The van der Waals surface area contributed by atoms with E-state index >= 15 is 0 Å². The maximum absolute atomic E-state index is 12.1. The van der Waals surface area contributed by atoms with Crippen LogP contribution in [0.4, 0.5) is 5.69 Å². The minimum Gasteiger partial charge on any atom is -0.462 e. The number of rotatable bonds is 7. The topological polar surface area (TPSA) is 58.2 Å². The average Bonchev–Trinajstić information content (AvgIpc) is 3.09. The van der Waals surface area contributed by atoms with E-state index in [-0.39, 0.29) is 5.97 Å². The molecule has 156 valence electrons. The number of aromatic amines is 1. The van der Waals surface area contributed by atoms with Crippen LogP contribution in [0, 0.1) is 5.92 Å². The Morgan fingerprint density at radius 1 is 1.10 bits per heavy atom. The van der Waals surface area contributed by atoms with Crippen molar-refractivity contribution in [3.05, 3.63) is 54.1 Å². The molecule has 1 N–H and O–H groups in total. The molecule has 6 heteroatoms. The summed E-state index contributed by atoms with van der Waals surface area (Å²) < 4.78 is 5.35. The number of ether oxygens (including phenoxy) is 1. The molecule has 0 aliphatic rings. The smallest absolute Gasteiger partial charge is 0.340 e. The van der Waals surface area contributed by atoms with E-state index in [9.17, 15) is 4.79 Å². The number of esters is 1. The van der Waals surface area contributed by atoms with Crippen LogP contribution >= 0.6 is 12.6 Å². The monoisotopic (exact) mass is 413 g/mol. The maximum Gasteiger partial charge on any atom is 0.340 e. The molecule has 0 saturated carbocycles. The molecule has 3 aromatic rings. The minimum absolute atomic E-state index is 0.219. The third kappa shape index (κ3) is 6.82. The molecule has 0 aliphatic carbocycles. The summed E-state index contributed by atoms with van der Waals surface area (Å²) in [5, 5.41) is 0.668. The molecule has 0 amide bonds. The molecule has 0 unspecified atom stereocenters. The predicted molar refractivity (Wildman–Crippen MR) is 123 cm³/mol. The molecule has 0 aliphatic heterocycles. The van der Waals surface area contributed by atoms with Gasteiger partial charge in [-0.3, -0.25) is 0 Å². The lowest BCUT2D eigenvalue weighted by atomic mass is 10.1. The highest BCUT2D eigenvalue weighted by molar-refractivity contribution is 7.80. The Balaban J connectivity index is 0.000000248. The predicted octanol–water partition coefficient (Wildman–Crippen LogP) is 5.59. The first-order valence-corrected chi connectivity index (χ1v) is 10.6. The number of nitrogens with zero attached hydrogens (tertiary/aromatic N) is 2. The summed E-state index contributed by atoms with van der Waals surface area (Å²) in [6.45, 7) is 10.7. The first kappa shape index (κ1) is 22.8. The second-order valence-electron chi connectivity index (χ2n) is 7.09. The van der Waals surface area contributed by atoms with Gasteiger partial charge in [0.25, 0.3) is 0 Å². The van der Waals surface area contributed by atoms with E-state index in [2.05, 4.69) is 55.2 Å². The van der Waals surface area contributed by atoms with Crippen molar-refractivity contribution in [1.82, 2.24) is 9.97 Å². The van der Waals surface area contributed by atoms with Gasteiger partial charge in [-0.2, -0.15) is 0 Å². The second kappa shape index (κ2) is 11.5. The van der Waals surface area contributed by atoms with Crippen molar-refractivity contribution in [3.8, 4) is 0 Å². The number of carbonyl (C=O) groups is 1. The number of para-hydroxylation sites is 3. The van der Waals surface area contributed by atoms with Crippen LogP contribution in [-0.2, 0) is 4.74 Å². The van der Waals surface area contributed by atoms with Crippen molar-refractivity contribution in [3.63, 3.8) is 0 Å². The molecule has 3 rings (SSSR count). The Morgan fingerprint density at radius 2 is 1.76 bits per heavy atom. The fourth-order valence-corrected chi connectivity index (χ4v) is 3.12. The number of benzene rings is 2. The van der Waals surface area contributed by atoms with E-state index in [4.69, 9.17) is 4.74 Å². The van der Waals surface area contributed by atoms with Crippen LogP contribution in [0.15, 0.2) is 53.7 Å². The quantitative estimate of drug-likeness (QED) is 0.392. The molecule has 0 radical (unpaired) electrons. The molecule has 1 heterocycles. The number of imidazole rings is 1. The molecule has 0 atom stereocenters. The van der Waals surface area contributed by atoms with E-state index < -0.39 is 0 Å². The van der Waals surface area contributed by atoms with Gasteiger partial charge in [0.1, 0.15) is 0 Å². The third-order valence-electron chi connectivity index (χ3n) is 4.53. The molecule has 29 heavy (non-hydrogen) atoms. The number of nitrogens with one attached hydrogen (secondary N) is 1. The van der Waals surface area contributed by atoms with E-state index in [0.717, 1.165) is 36.2 Å². The Bertz CT molecular complexity index is 871. The van der Waals surface area contributed by atoms with Gasteiger partial charge in [0.2, 0.25) is 0 Å². The summed E-state index contributed by atoms with van der Waals surface area (Å²) in [5.41, 5.74) is 3.62. The van der Waals surface area contributed by atoms with Gasteiger partial charge in [0.15, 0.2) is 5.16 Å². The van der Waals surface area contributed by atoms with Gasteiger partial charge in [-0.15, -0.1) is 12.6 Å². The number of anilines is 1. The molecule has 0 bridgehead atoms. The standard InChI is InChI=1S/C16H25NO2.C7H6N2S/c1-5-17(6-2)15-10-8-7-9-14(15)16(18)19-12-11-13(3)4;10-7-8-5-3-1-2-4-6(5)9-7/h7-10,13H,5-6,11-12H2,1-4H3;1-4H,(H2,8,9,10). The number of hydrogen-bond donors (Lipinski definition) is 2. The zero-order valence-electron chi connectivity index (χ0n) is 17.7. The van der Waals surface area contributed by atoms with Crippen molar-refractivity contribution in [1.29, 1.82) is 0 Å². The van der Waals surface area contributed by atoms with Crippen LogP contribution < -0.4 is 4.90 Å². The second-order valence-corrected chi connectivity index (χ2v) is 7.51. The SMILES string of the molecule is CCN(CC)c1ccccc1C(=O)OCCC(C)C.Sc1nc2ccccc2[nH]1. The van der Waals surface area contributed by atoms with Gasteiger partial charge in [-0.25, -0.2) is 9.78 Å². The summed E-state index contributed by atoms with van der Waals surface area (Å²) in [7, 11) is 0. The summed E-state index contributed by atoms with van der Waals surface area (Å²) in [4.78, 5) is 21.4. The number of hydrogen-bond acceptors (Lipinski definition) is 5. The zero-order chi connectivity index (χ0) is 21.2. The lowest BCUT2D eigenvalue weighted by Gasteiger charge is -2.23. The molecule has 0 saturated heterocycles. The third-order valence-corrected chi connectivity index (χ3v) is 4.75. The van der Waals surface area contributed by atoms with E-state index in [1.54, 1.807) is 0 Å². The number of fused-ring (bicyclic) bond motifs is 1. The lowest BCUT2D eigenvalue weighted by Crippen LogP contribution is -2.24. The molecular formula is C23H31N3O2S. The van der Waals surface area contributed by atoms with Gasteiger partial charge in [-0.1, -0.05) is 38.1 Å². The van der Waals surface area contributed by atoms with Gasteiger partial charge in [-0.05, 0) is 50.5 Å². The highest BCUT2D eigenvalue weighted by atomic mass is 32.1. The van der Waals surface area contributed by atoms with Gasteiger partial charge in [0, 0.05) is 13.1 Å². The Hall–Kier alpha value is -2.47. The van der Waals surface area contributed by atoms with Gasteiger partial charge >= 0.3 is 5.97 Å². The molecule has 5 nitrogen and oxygen atoms in total. The number of thiol groups is 1. The average molecular weight is 414 g/mol. The van der Waals surface area contributed by atoms with Gasteiger partial charge < -0.3 is 14.6 Å². The van der Waals surface area contributed by atoms with Crippen molar-refractivity contribution < 1.29 is 9.53 Å². The molecule has 0 fully saturated rings. The Kier molecular flexibility index (Phi) is 9.06. The van der Waals surface area contributed by atoms with Crippen LogP contribution in [-0.4, -0.2) is 35.6 Å². The fourth-order valence-electron chi connectivity index (χ4n) is 2.89. The summed E-state index contributed by atoms with van der Waals surface area (Å²) in [6.07, 6.45) is 0.902. The Labute approximate surface area is 178 Å². The highest BCUT2D eigenvalue weighted by Crippen LogP contribution is 2.21. The normalized spacial score (nSPS) is 10.6. The van der Waals surface area contributed by atoms with Crippen LogP contribution in [0.1, 0.15) is 44.5 Å². The first-order chi connectivity index (χ1) is 14.0. The molecular weight excluding hydrogens is 382 g/mol. The van der Waals surface area contributed by atoms with E-state index in [0.29, 0.717) is 23.2 Å². The lowest BCUT2D eigenvalue weighted by molar-refractivity contribution is 0.0489. The van der Waals surface area contributed by atoms with E-state index in [1.165, 1.54) is 0 Å². The molecule has 1 aromatic heterocycles. The largest absolute Gasteiger partial charge is 0.462 e. The molecule has 0 spiro atoms. The first-order valence-electron chi connectivity index (χ1n) is 10.1. The van der Waals surface area contributed by atoms with Crippen molar-refractivity contribution >= 4 is 35.3 Å². The van der Waals surface area contributed by atoms with Crippen molar-refractivity contribution in [2.75, 3.05) is 24.6 Å². The van der Waals surface area contributed by atoms with Crippen molar-refractivity contribution in [2.24, 2.45) is 5.92 Å². The number of carbonyl (C=O) groups excluding carboxylic acids is 1. The van der Waals surface area contributed by atoms with Crippen molar-refractivity contribution in [2.45, 2.75) is 39.3 Å². The van der Waals surface area contributed by atoms with Crippen LogP contribution in [0.25, 0.3) is 11.0 Å². The van der Waals surface area contributed by atoms with Crippen LogP contribution in [0.2, 0.25) is 0 Å². The summed E-state index contributed by atoms with van der Waals surface area (Å²) in [6, 6.07) is 15.5. The number of aromatic nitrogens is 2. The fraction of sp³-hybridized carbons (Fsp3) is 0.391. The molecule has 2 aromatic carbocycles. The summed E-state index contributed by atoms with van der Waals surface area (Å²) in [5.74, 6) is 0.328. The van der Waals surface area contributed by atoms with E-state index in [1.807, 2.05) is 48.5 Å². The Morgan fingerprint density at radius 3 is 2.41 bits per heavy atom.